The fourth-order valence-electron chi connectivity index (χ4n) is 2.47. The third-order valence-corrected chi connectivity index (χ3v) is 3.59. The average molecular weight is 288 g/mol. The van der Waals surface area contributed by atoms with Crippen LogP contribution >= 0.6 is 0 Å². The number of β-amino-alcohol motifs (C(OH)–C–C–N with tert-alkyl or cyclic N) is 1. The summed E-state index contributed by atoms with van der Waals surface area (Å²) < 4.78 is 11.0. The molecular weight excluding hydrogens is 268 g/mol. The molecule has 112 valence electrons. The Morgan fingerprint density at radius 1 is 1.29 bits per heavy atom. The highest BCUT2D eigenvalue weighted by Crippen LogP contribution is 2.19. The van der Waals surface area contributed by atoms with E-state index in [1.54, 1.807) is 6.20 Å². The summed E-state index contributed by atoms with van der Waals surface area (Å²) in [7, 11) is 0. The van der Waals surface area contributed by atoms with Gasteiger partial charge in [0.1, 0.15) is 18.5 Å². The first-order valence-corrected chi connectivity index (χ1v) is 7.27. The van der Waals surface area contributed by atoms with Gasteiger partial charge in [0, 0.05) is 31.2 Å². The minimum absolute atomic E-state index is 0.295. The molecule has 5 nitrogen and oxygen atoms in total. The number of hydrogen-bond acceptors (Lipinski definition) is 5. The molecule has 2 heterocycles. The van der Waals surface area contributed by atoms with Gasteiger partial charge >= 0.3 is 0 Å². The third kappa shape index (κ3) is 3.91. The molecule has 1 N–H and O–H groups in total. The summed E-state index contributed by atoms with van der Waals surface area (Å²) in [5.41, 5.74) is 0.943. The number of rotatable bonds is 5. The molecule has 0 saturated carbocycles. The van der Waals surface area contributed by atoms with Crippen LogP contribution in [0.3, 0.4) is 0 Å². The highest BCUT2D eigenvalue weighted by molar-refractivity contribution is 5.79. The highest BCUT2D eigenvalue weighted by atomic mass is 16.5. The maximum atomic E-state index is 10.1. The number of aliphatic hydroxyl groups excluding tert-OH is 1. The van der Waals surface area contributed by atoms with Gasteiger partial charge in [0.15, 0.2) is 0 Å². The number of morpholine rings is 1. The molecule has 0 aliphatic carbocycles. The first-order chi connectivity index (χ1) is 10.3. The number of hydrogen-bond donors (Lipinski definition) is 1. The Hall–Kier alpha value is -1.69. The zero-order chi connectivity index (χ0) is 14.5. The van der Waals surface area contributed by atoms with E-state index in [9.17, 15) is 5.11 Å². The first kappa shape index (κ1) is 14.3. The fourth-order valence-corrected chi connectivity index (χ4v) is 2.47. The molecule has 1 fully saturated rings. The van der Waals surface area contributed by atoms with E-state index in [4.69, 9.17) is 9.47 Å². The van der Waals surface area contributed by atoms with E-state index in [2.05, 4.69) is 9.88 Å². The van der Waals surface area contributed by atoms with Gasteiger partial charge in [0.25, 0.3) is 0 Å². The largest absolute Gasteiger partial charge is 0.491 e. The number of benzene rings is 1. The lowest BCUT2D eigenvalue weighted by atomic mass is 10.2. The van der Waals surface area contributed by atoms with Gasteiger partial charge in [-0.1, -0.05) is 6.07 Å². The lowest BCUT2D eigenvalue weighted by Gasteiger charge is -2.28. The quantitative estimate of drug-likeness (QED) is 0.899. The molecule has 1 aliphatic rings. The van der Waals surface area contributed by atoms with E-state index in [0.717, 1.165) is 43.0 Å². The van der Waals surface area contributed by atoms with E-state index < -0.39 is 6.10 Å². The summed E-state index contributed by atoms with van der Waals surface area (Å²) in [6.07, 6.45) is 1.28. The van der Waals surface area contributed by atoms with Crippen LogP contribution < -0.4 is 4.74 Å². The van der Waals surface area contributed by atoms with Gasteiger partial charge in [-0.3, -0.25) is 9.88 Å². The molecule has 1 unspecified atom stereocenters. The molecule has 0 spiro atoms. The normalized spacial score (nSPS) is 17.8. The van der Waals surface area contributed by atoms with E-state index in [-0.39, 0.29) is 0 Å². The van der Waals surface area contributed by atoms with Crippen LogP contribution in [0.5, 0.6) is 5.75 Å². The van der Waals surface area contributed by atoms with Crippen LogP contribution in [-0.4, -0.2) is 60.5 Å². The lowest BCUT2D eigenvalue weighted by Crippen LogP contribution is -2.42. The van der Waals surface area contributed by atoms with Crippen LogP contribution in [0.25, 0.3) is 10.9 Å². The maximum absolute atomic E-state index is 10.1. The van der Waals surface area contributed by atoms with Crippen LogP contribution in [0, 0.1) is 0 Å². The van der Waals surface area contributed by atoms with Crippen LogP contribution in [-0.2, 0) is 4.74 Å². The second-order valence-corrected chi connectivity index (χ2v) is 5.24. The van der Waals surface area contributed by atoms with E-state index in [1.165, 1.54) is 0 Å². The van der Waals surface area contributed by atoms with E-state index in [0.29, 0.717) is 13.2 Å². The first-order valence-electron chi connectivity index (χ1n) is 7.27. The Labute approximate surface area is 124 Å². The van der Waals surface area contributed by atoms with Gasteiger partial charge in [-0.05, 0) is 24.3 Å². The highest BCUT2D eigenvalue weighted by Gasteiger charge is 2.15. The summed E-state index contributed by atoms with van der Waals surface area (Å²) >= 11 is 0. The average Bonchev–Trinajstić information content (AvgIpc) is 2.54. The standard InChI is InChI=1S/C16H20N2O3/c19-14(11-18-6-8-20-9-7-18)12-21-15-3-4-16-13(10-15)2-1-5-17-16/h1-5,10,14,19H,6-9,11-12H2. The van der Waals surface area contributed by atoms with Crippen molar-refractivity contribution in [1.29, 1.82) is 0 Å². The lowest BCUT2D eigenvalue weighted by molar-refractivity contribution is 0.00467. The Morgan fingerprint density at radius 3 is 3.00 bits per heavy atom. The Morgan fingerprint density at radius 2 is 2.14 bits per heavy atom. The second-order valence-electron chi connectivity index (χ2n) is 5.24. The molecule has 3 rings (SSSR count). The molecule has 1 saturated heterocycles. The third-order valence-electron chi connectivity index (χ3n) is 3.59. The van der Waals surface area contributed by atoms with E-state index >= 15 is 0 Å². The molecule has 21 heavy (non-hydrogen) atoms. The zero-order valence-electron chi connectivity index (χ0n) is 11.9. The molecule has 0 bridgehead atoms. The second kappa shape index (κ2) is 6.85. The molecule has 1 atom stereocenters. The summed E-state index contributed by atoms with van der Waals surface area (Å²) in [6.45, 7) is 4.15. The summed E-state index contributed by atoms with van der Waals surface area (Å²) in [5, 5.41) is 11.1. The predicted molar refractivity (Wildman–Crippen MR) is 80.5 cm³/mol. The van der Waals surface area contributed by atoms with Crippen molar-refractivity contribution in [3.8, 4) is 5.75 Å². The fraction of sp³-hybridized carbons (Fsp3) is 0.438. The SMILES string of the molecule is OC(COc1ccc2ncccc2c1)CN1CCOCC1. The van der Waals surface area contributed by atoms with Crippen LogP contribution in [0.2, 0.25) is 0 Å². The van der Waals surface area contributed by atoms with E-state index in [1.807, 2.05) is 30.3 Å². The molecule has 5 heteroatoms. The maximum Gasteiger partial charge on any atom is 0.120 e. The van der Waals surface area contributed by atoms with Gasteiger partial charge in [-0.2, -0.15) is 0 Å². The van der Waals surface area contributed by atoms with Crippen molar-refractivity contribution in [3.63, 3.8) is 0 Å². The van der Waals surface area contributed by atoms with Crippen molar-refractivity contribution in [2.24, 2.45) is 0 Å². The monoisotopic (exact) mass is 288 g/mol. The van der Waals surface area contributed by atoms with Crippen molar-refractivity contribution in [3.05, 3.63) is 36.5 Å². The van der Waals surface area contributed by atoms with Gasteiger partial charge in [0.2, 0.25) is 0 Å². The minimum atomic E-state index is -0.493. The number of fused-ring (bicyclic) bond motifs is 1. The van der Waals surface area contributed by atoms with Gasteiger partial charge in [-0.25, -0.2) is 0 Å². The summed E-state index contributed by atoms with van der Waals surface area (Å²) in [6, 6.07) is 9.67. The van der Waals surface area contributed by atoms with Crippen molar-refractivity contribution in [1.82, 2.24) is 9.88 Å². The summed E-state index contributed by atoms with van der Waals surface area (Å²) in [4.78, 5) is 6.47. The van der Waals surface area contributed by atoms with Crippen molar-refractivity contribution < 1.29 is 14.6 Å². The molecule has 1 aromatic carbocycles. The minimum Gasteiger partial charge on any atom is -0.491 e. The molecule has 0 radical (unpaired) electrons. The Balaban J connectivity index is 1.53. The number of nitrogens with zero attached hydrogens (tertiary/aromatic N) is 2. The zero-order valence-corrected chi connectivity index (χ0v) is 11.9. The Kier molecular flexibility index (Phi) is 4.65. The number of aromatic nitrogens is 1. The molecule has 0 amide bonds. The topological polar surface area (TPSA) is 54.8 Å². The van der Waals surface area contributed by atoms with Crippen LogP contribution in [0.15, 0.2) is 36.5 Å². The summed E-state index contributed by atoms with van der Waals surface area (Å²) in [5.74, 6) is 0.761. The van der Waals surface area contributed by atoms with Crippen LogP contribution in [0.4, 0.5) is 0 Å². The molecule has 1 aromatic heterocycles. The number of aliphatic hydroxyl groups is 1. The molecule has 1 aliphatic heterocycles. The van der Waals surface area contributed by atoms with Gasteiger partial charge in [-0.15, -0.1) is 0 Å². The van der Waals surface area contributed by atoms with Gasteiger partial charge in [0.05, 0.1) is 18.7 Å². The van der Waals surface area contributed by atoms with Crippen molar-refractivity contribution in [2.45, 2.75) is 6.10 Å². The molecule has 2 aromatic rings. The van der Waals surface area contributed by atoms with Crippen LogP contribution in [0.1, 0.15) is 0 Å². The Bertz CT molecular complexity index is 584. The van der Waals surface area contributed by atoms with Crippen molar-refractivity contribution in [2.75, 3.05) is 39.5 Å². The number of pyridine rings is 1. The van der Waals surface area contributed by atoms with Crippen molar-refractivity contribution >= 4 is 10.9 Å². The smallest absolute Gasteiger partial charge is 0.120 e. The molecular formula is C16H20N2O3. The number of ether oxygens (including phenoxy) is 2. The predicted octanol–water partition coefficient (Wildman–Crippen LogP) is 1.31. The van der Waals surface area contributed by atoms with Gasteiger partial charge < -0.3 is 14.6 Å².